The van der Waals surface area contributed by atoms with Crippen LogP contribution < -0.4 is 5.73 Å². The molecule has 0 aliphatic rings. The average Bonchev–Trinajstić information content (AvgIpc) is 2.71. The van der Waals surface area contributed by atoms with Gasteiger partial charge in [-0.2, -0.15) is 4.31 Å². The number of nitrogens with two attached hydrogens (primary N) is 1. The largest absolute Gasteiger partial charge is 0.399 e. The van der Waals surface area contributed by atoms with Crippen molar-refractivity contribution in [3.05, 3.63) is 24.4 Å². The Morgan fingerprint density at radius 3 is 2.79 bits per heavy atom. The van der Waals surface area contributed by atoms with E-state index in [0.717, 1.165) is 4.31 Å². The van der Waals surface area contributed by atoms with Crippen molar-refractivity contribution in [1.29, 1.82) is 0 Å². The first-order chi connectivity index (χ1) is 8.82. The summed E-state index contributed by atoms with van der Waals surface area (Å²) in [5.41, 5.74) is 6.90. The van der Waals surface area contributed by atoms with Crippen molar-refractivity contribution in [1.82, 2.24) is 9.29 Å². The average molecular weight is 283 g/mol. The van der Waals surface area contributed by atoms with Crippen molar-refractivity contribution in [3.63, 3.8) is 0 Å². The van der Waals surface area contributed by atoms with E-state index in [4.69, 9.17) is 5.73 Å². The van der Waals surface area contributed by atoms with E-state index in [-0.39, 0.29) is 11.4 Å². The zero-order valence-corrected chi connectivity index (χ0v) is 11.6. The molecule has 0 saturated carbocycles. The molecule has 6 nitrogen and oxygen atoms in total. The molecule has 7 heteroatoms. The number of aromatic amines is 1. The molecule has 1 atom stereocenters. The summed E-state index contributed by atoms with van der Waals surface area (Å²) in [7, 11) is -2.21. The standard InChI is InChI=1S/C12H17N3O3S/c1-8(16)7-15(2)19(17,18)12-6-14-11-4-3-9(13)5-10(11)12/h3-6,8,14,16H,7,13H2,1-2H3. The molecule has 0 saturated heterocycles. The number of aliphatic hydroxyl groups excluding tert-OH is 1. The normalized spacial score (nSPS) is 14.1. The Labute approximate surface area is 111 Å². The Balaban J connectivity index is 2.51. The molecule has 1 aromatic carbocycles. The molecule has 2 aromatic rings. The summed E-state index contributed by atoms with van der Waals surface area (Å²) in [6, 6.07) is 5.06. The molecule has 1 heterocycles. The highest BCUT2D eigenvalue weighted by Gasteiger charge is 2.25. The van der Waals surface area contributed by atoms with Crippen LogP contribution >= 0.6 is 0 Å². The van der Waals surface area contributed by atoms with E-state index >= 15 is 0 Å². The lowest BCUT2D eigenvalue weighted by molar-refractivity contribution is 0.171. The van der Waals surface area contributed by atoms with Crippen LogP contribution in [0.4, 0.5) is 5.69 Å². The number of aromatic nitrogens is 1. The van der Waals surface area contributed by atoms with Gasteiger partial charge in [-0.05, 0) is 25.1 Å². The molecule has 104 valence electrons. The number of nitrogens with one attached hydrogen (secondary N) is 1. The maximum Gasteiger partial charge on any atom is 0.245 e. The van der Waals surface area contributed by atoms with Gasteiger partial charge in [0.1, 0.15) is 4.90 Å². The van der Waals surface area contributed by atoms with Crippen LogP contribution in [0.1, 0.15) is 6.92 Å². The van der Waals surface area contributed by atoms with Gasteiger partial charge in [-0.15, -0.1) is 0 Å². The lowest BCUT2D eigenvalue weighted by atomic mass is 10.2. The molecule has 19 heavy (non-hydrogen) atoms. The lowest BCUT2D eigenvalue weighted by Gasteiger charge is -2.18. The minimum Gasteiger partial charge on any atom is -0.399 e. The second kappa shape index (κ2) is 4.84. The summed E-state index contributed by atoms with van der Waals surface area (Å²) in [5.74, 6) is 0. The molecule has 4 N–H and O–H groups in total. The van der Waals surface area contributed by atoms with Crippen LogP contribution in [-0.2, 0) is 10.0 Å². The number of rotatable bonds is 4. The molecule has 0 amide bonds. The Hall–Kier alpha value is -1.57. The van der Waals surface area contributed by atoms with Crippen LogP contribution in [0.15, 0.2) is 29.3 Å². The topological polar surface area (TPSA) is 99.4 Å². The Morgan fingerprint density at radius 1 is 1.47 bits per heavy atom. The van der Waals surface area contributed by atoms with Crippen LogP contribution in [0, 0.1) is 0 Å². The van der Waals surface area contributed by atoms with E-state index in [1.807, 2.05) is 0 Å². The number of fused-ring (bicyclic) bond motifs is 1. The number of likely N-dealkylation sites (N-methyl/N-ethyl adjacent to an activating group) is 1. The minimum absolute atomic E-state index is 0.0390. The van der Waals surface area contributed by atoms with Crippen LogP contribution in [-0.4, -0.2) is 42.5 Å². The SMILES string of the molecule is CC(O)CN(C)S(=O)(=O)c1c[nH]c2ccc(N)cc12. The number of H-pyrrole nitrogens is 1. The molecular formula is C12H17N3O3S. The van der Waals surface area contributed by atoms with Crippen LogP contribution in [0.25, 0.3) is 10.9 Å². The predicted octanol–water partition coefficient (Wildman–Crippen LogP) is 0.751. The summed E-state index contributed by atoms with van der Waals surface area (Å²) in [6.45, 7) is 1.58. The molecule has 1 unspecified atom stereocenters. The Bertz CT molecular complexity index is 691. The summed E-state index contributed by atoms with van der Waals surface area (Å²) in [5, 5.41) is 9.86. The van der Waals surface area contributed by atoms with E-state index in [0.29, 0.717) is 16.6 Å². The molecule has 0 radical (unpaired) electrons. The van der Waals surface area contributed by atoms with Crippen molar-refractivity contribution >= 4 is 26.6 Å². The first-order valence-corrected chi connectivity index (χ1v) is 7.27. The fourth-order valence-corrected chi connectivity index (χ4v) is 3.37. The minimum atomic E-state index is -3.65. The highest BCUT2D eigenvalue weighted by Crippen LogP contribution is 2.26. The smallest absolute Gasteiger partial charge is 0.245 e. The Kier molecular flexibility index (Phi) is 3.53. The summed E-state index contributed by atoms with van der Waals surface area (Å²) in [6.07, 6.45) is 0.716. The molecule has 0 aliphatic carbocycles. The molecule has 0 fully saturated rings. The van der Waals surface area contributed by atoms with Gasteiger partial charge in [-0.25, -0.2) is 8.42 Å². The zero-order chi connectivity index (χ0) is 14.2. The summed E-state index contributed by atoms with van der Waals surface area (Å²) >= 11 is 0. The molecular weight excluding hydrogens is 266 g/mol. The van der Waals surface area contributed by atoms with Crippen molar-refractivity contribution in [2.24, 2.45) is 0 Å². The van der Waals surface area contributed by atoms with Gasteiger partial charge in [0.15, 0.2) is 0 Å². The van der Waals surface area contributed by atoms with Gasteiger partial charge in [0.2, 0.25) is 10.0 Å². The van der Waals surface area contributed by atoms with E-state index in [1.54, 1.807) is 25.1 Å². The van der Waals surface area contributed by atoms with Gasteiger partial charge < -0.3 is 15.8 Å². The third kappa shape index (κ3) is 2.58. The third-order valence-electron chi connectivity index (χ3n) is 2.88. The van der Waals surface area contributed by atoms with E-state index in [2.05, 4.69) is 4.98 Å². The van der Waals surface area contributed by atoms with Crippen molar-refractivity contribution in [3.8, 4) is 0 Å². The molecule has 2 rings (SSSR count). The maximum absolute atomic E-state index is 12.4. The predicted molar refractivity (Wildman–Crippen MR) is 74.2 cm³/mol. The van der Waals surface area contributed by atoms with Crippen LogP contribution in [0.2, 0.25) is 0 Å². The zero-order valence-electron chi connectivity index (χ0n) is 10.8. The van der Waals surface area contributed by atoms with Gasteiger partial charge in [-0.1, -0.05) is 0 Å². The number of nitrogens with zero attached hydrogens (tertiary/aromatic N) is 1. The van der Waals surface area contributed by atoms with Crippen LogP contribution in [0.5, 0.6) is 0 Å². The van der Waals surface area contributed by atoms with E-state index < -0.39 is 16.1 Å². The second-order valence-corrected chi connectivity index (χ2v) is 6.61. The van der Waals surface area contributed by atoms with E-state index in [1.165, 1.54) is 13.2 Å². The van der Waals surface area contributed by atoms with Crippen molar-refractivity contribution in [2.75, 3.05) is 19.3 Å². The van der Waals surface area contributed by atoms with Gasteiger partial charge in [-0.3, -0.25) is 0 Å². The van der Waals surface area contributed by atoms with E-state index in [9.17, 15) is 13.5 Å². The van der Waals surface area contributed by atoms with Gasteiger partial charge >= 0.3 is 0 Å². The highest BCUT2D eigenvalue weighted by molar-refractivity contribution is 7.89. The monoisotopic (exact) mass is 283 g/mol. The van der Waals surface area contributed by atoms with Gasteiger partial charge in [0.25, 0.3) is 0 Å². The fourth-order valence-electron chi connectivity index (χ4n) is 1.96. The number of hydrogen-bond acceptors (Lipinski definition) is 4. The fraction of sp³-hybridized carbons (Fsp3) is 0.333. The maximum atomic E-state index is 12.4. The third-order valence-corrected chi connectivity index (χ3v) is 4.74. The second-order valence-electron chi connectivity index (χ2n) is 4.59. The Morgan fingerprint density at radius 2 is 2.16 bits per heavy atom. The van der Waals surface area contributed by atoms with Crippen LogP contribution in [0.3, 0.4) is 0 Å². The first-order valence-electron chi connectivity index (χ1n) is 5.83. The number of hydrogen-bond donors (Lipinski definition) is 3. The highest BCUT2D eigenvalue weighted by atomic mass is 32.2. The van der Waals surface area contributed by atoms with Gasteiger partial charge in [0.05, 0.1) is 6.10 Å². The summed E-state index contributed by atoms with van der Waals surface area (Å²) < 4.78 is 25.9. The molecule has 0 spiro atoms. The number of anilines is 1. The molecule has 0 aliphatic heterocycles. The van der Waals surface area contributed by atoms with Gasteiger partial charge in [0, 0.05) is 36.4 Å². The van der Waals surface area contributed by atoms with Crippen molar-refractivity contribution in [2.45, 2.75) is 17.9 Å². The van der Waals surface area contributed by atoms with Crippen molar-refractivity contribution < 1.29 is 13.5 Å². The number of benzene rings is 1. The first kappa shape index (κ1) is 13.9. The summed E-state index contributed by atoms with van der Waals surface area (Å²) in [4.78, 5) is 3.07. The molecule has 0 bridgehead atoms. The number of aliphatic hydroxyl groups is 1. The molecule has 1 aromatic heterocycles. The number of nitrogen functional groups attached to an aromatic ring is 1. The lowest BCUT2D eigenvalue weighted by Crippen LogP contribution is -2.33. The quantitative estimate of drug-likeness (QED) is 0.721. The number of sulfonamides is 1.